The number of hydrogen-bond donors (Lipinski definition) is 1. The molecule has 22 heavy (non-hydrogen) atoms. The van der Waals surface area contributed by atoms with E-state index in [0.29, 0.717) is 12.3 Å². The maximum atomic E-state index is 8.72. The second kappa shape index (κ2) is 6.65. The number of nitriles is 1. The van der Waals surface area contributed by atoms with Gasteiger partial charge in [-0.15, -0.1) is 0 Å². The lowest BCUT2D eigenvalue weighted by Gasteiger charge is -2.24. The predicted octanol–water partition coefficient (Wildman–Crippen LogP) is 4.70. The van der Waals surface area contributed by atoms with Crippen molar-refractivity contribution < 1.29 is 4.42 Å². The monoisotopic (exact) mass is 297 g/mol. The fourth-order valence-corrected chi connectivity index (χ4v) is 2.26. The zero-order valence-electron chi connectivity index (χ0n) is 13.7. The second-order valence-electron chi connectivity index (χ2n) is 6.50. The van der Waals surface area contributed by atoms with Crippen molar-refractivity contribution in [3.05, 3.63) is 35.7 Å². The average Bonchev–Trinajstić information content (AvgIpc) is 2.91. The Kier molecular flexibility index (Phi) is 4.87. The summed E-state index contributed by atoms with van der Waals surface area (Å²) in [5.74, 6) is 0.655. The molecule has 1 aromatic carbocycles. The maximum absolute atomic E-state index is 8.72. The molecule has 0 unspecified atom stereocenters. The summed E-state index contributed by atoms with van der Waals surface area (Å²) in [4.78, 5) is 4.40. The van der Waals surface area contributed by atoms with E-state index in [2.05, 4.69) is 55.3 Å². The number of rotatable bonds is 6. The quantitative estimate of drug-likeness (QED) is 0.839. The van der Waals surface area contributed by atoms with E-state index in [1.165, 1.54) is 0 Å². The summed E-state index contributed by atoms with van der Waals surface area (Å²) in [5, 5.41) is 12.2. The first-order chi connectivity index (χ1) is 10.4. The van der Waals surface area contributed by atoms with Crippen LogP contribution in [0, 0.1) is 30.6 Å². The fourth-order valence-electron chi connectivity index (χ4n) is 2.26. The standard InChI is InChI=1S/C18H23N3O/c1-13-6-7-15(20-12-18(3,4)8-5-9-19)10-16(13)17-21-14(2)11-22-17/h6-7,10-11,20H,5,8,12H2,1-4H3. The zero-order valence-corrected chi connectivity index (χ0v) is 13.7. The number of oxazole rings is 1. The molecule has 0 aliphatic heterocycles. The van der Waals surface area contributed by atoms with Crippen LogP contribution in [0.3, 0.4) is 0 Å². The molecule has 4 nitrogen and oxygen atoms in total. The summed E-state index contributed by atoms with van der Waals surface area (Å²) in [6, 6.07) is 8.42. The molecule has 0 atom stereocenters. The first-order valence-corrected chi connectivity index (χ1v) is 7.55. The number of hydrogen-bond acceptors (Lipinski definition) is 4. The highest BCUT2D eigenvalue weighted by Gasteiger charge is 2.17. The molecule has 4 heteroatoms. The van der Waals surface area contributed by atoms with Crippen molar-refractivity contribution in [1.29, 1.82) is 5.26 Å². The number of aryl methyl sites for hydroxylation is 2. The van der Waals surface area contributed by atoms with Gasteiger partial charge in [0.15, 0.2) is 0 Å². The van der Waals surface area contributed by atoms with Gasteiger partial charge in [-0.3, -0.25) is 0 Å². The van der Waals surface area contributed by atoms with Gasteiger partial charge in [0.25, 0.3) is 0 Å². The molecule has 1 N–H and O–H groups in total. The van der Waals surface area contributed by atoms with Crippen LogP contribution in [0.1, 0.15) is 37.9 Å². The van der Waals surface area contributed by atoms with Gasteiger partial charge >= 0.3 is 0 Å². The number of aromatic nitrogens is 1. The predicted molar refractivity (Wildman–Crippen MR) is 88.5 cm³/mol. The second-order valence-corrected chi connectivity index (χ2v) is 6.50. The molecule has 116 valence electrons. The molecule has 0 saturated carbocycles. The molecule has 0 spiro atoms. The molecule has 0 fully saturated rings. The fraction of sp³-hybridized carbons (Fsp3) is 0.444. The van der Waals surface area contributed by atoms with Crippen LogP contribution in [0.5, 0.6) is 0 Å². The van der Waals surface area contributed by atoms with Gasteiger partial charge in [0.05, 0.1) is 11.8 Å². The Morgan fingerprint density at radius 1 is 1.32 bits per heavy atom. The van der Waals surface area contributed by atoms with Crippen molar-refractivity contribution in [2.75, 3.05) is 11.9 Å². The van der Waals surface area contributed by atoms with E-state index in [0.717, 1.165) is 35.5 Å². The van der Waals surface area contributed by atoms with Crippen LogP contribution < -0.4 is 5.32 Å². The van der Waals surface area contributed by atoms with Gasteiger partial charge in [-0.1, -0.05) is 19.9 Å². The lowest BCUT2D eigenvalue weighted by atomic mass is 9.88. The van der Waals surface area contributed by atoms with E-state index >= 15 is 0 Å². The number of nitrogens with one attached hydrogen (secondary N) is 1. The topological polar surface area (TPSA) is 61.9 Å². The summed E-state index contributed by atoms with van der Waals surface area (Å²) < 4.78 is 5.51. The SMILES string of the molecule is Cc1coc(-c2cc(NCC(C)(C)CCC#N)ccc2C)n1. The van der Waals surface area contributed by atoms with Crippen LogP contribution in [0.25, 0.3) is 11.5 Å². The summed E-state index contributed by atoms with van der Waals surface area (Å²) >= 11 is 0. The third-order valence-electron chi connectivity index (χ3n) is 3.77. The Bertz CT molecular complexity index is 680. The van der Waals surface area contributed by atoms with Crippen LogP contribution >= 0.6 is 0 Å². The largest absolute Gasteiger partial charge is 0.444 e. The van der Waals surface area contributed by atoms with E-state index in [1.54, 1.807) is 6.26 Å². The van der Waals surface area contributed by atoms with Crippen molar-refractivity contribution in [3.63, 3.8) is 0 Å². The molecule has 0 aliphatic rings. The normalized spacial score (nSPS) is 11.2. The molecular formula is C18H23N3O. The van der Waals surface area contributed by atoms with Gasteiger partial charge in [-0.25, -0.2) is 4.98 Å². The van der Waals surface area contributed by atoms with Crippen LogP contribution in [0.2, 0.25) is 0 Å². The minimum Gasteiger partial charge on any atom is -0.444 e. The van der Waals surface area contributed by atoms with Gasteiger partial charge in [-0.2, -0.15) is 5.26 Å². The molecule has 0 bridgehead atoms. The van der Waals surface area contributed by atoms with E-state index < -0.39 is 0 Å². The van der Waals surface area contributed by atoms with Crippen LogP contribution in [-0.2, 0) is 0 Å². The molecule has 0 aliphatic carbocycles. The maximum Gasteiger partial charge on any atom is 0.226 e. The van der Waals surface area contributed by atoms with Crippen molar-refractivity contribution >= 4 is 5.69 Å². The lowest BCUT2D eigenvalue weighted by Crippen LogP contribution is -2.22. The van der Waals surface area contributed by atoms with Crippen molar-refractivity contribution in [1.82, 2.24) is 4.98 Å². The van der Waals surface area contributed by atoms with Crippen molar-refractivity contribution in [2.45, 2.75) is 40.5 Å². The van der Waals surface area contributed by atoms with Crippen molar-refractivity contribution in [2.24, 2.45) is 5.41 Å². The average molecular weight is 297 g/mol. The molecule has 2 aromatic rings. The summed E-state index contributed by atoms with van der Waals surface area (Å²) in [5.41, 5.74) is 4.15. The summed E-state index contributed by atoms with van der Waals surface area (Å²) in [6.07, 6.45) is 3.14. The Hall–Kier alpha value is -2.28. The number of anilines is 1. The van der Waals surface area contributed by atoms with Crippen molar-refractivity contribution in [3.8, 4) is 17.5 Å². The molecular weight excluding hydrogens is 274 g/mol. The van der Waals surface area contributed by atoms with Crippen LogP contribution in [0.15, 0.2) is 28.9 Å². The third-order valence-corrected chi connectivity index (χ3v) is 3.77. The summed E-state index contributed by atoms with van der Waals surface area (Å²) in [6.45, 7) is 9.13. The Balaban J connectivity index is 2.12. The molecule has 0 radical (unpaired) electrons. The highest BCUT2D eigenvalue weighted by Crippen LogP contribution is 2.28. The number of nitrogens with zero attached hydrogens (tertiary/aromatic N) is 2. The first kappa shape index (κ1) is 16.1. The molecule has 0 saturated heterocycles. The highest BCUT2D eigenvalue weighted by atomic mass is 16.3. The molecule has 2 rings (SSSR count). The van der Waals surface area contributed by atoms with Crippen LogP contribution in [-0.4, -0.2) is 11.5 Å². The Morgan fingerprint density at radius 3 is 2.73 bits per heavy atom. The van der Waals surface area contributed by atoms with Gasteiger partial charge in [0.2, 0.25) is 5.89 Å². The summed E-state index contributed by atoms with van der Waals surface area (Å²) in [7, 11) is 0. The highest BCUT2D eigenvalue weighted by molar-refractivity contribution is 5.65. The minimum absolute atomic E-state index is 0.0836. The zero-order chi connectivity index (χ0) is 16.2. The van der Waals surface area contributed by atoms with E-state index in [9.17, 15) is 0 Å². The van der Waals surface area contributed by atoms with E-state index in [4.69, 9.17) is 9.68 Å². The number of benzene rings is 1. The molecule has 1 aromatic heterocycles. The Morgan fingerprint density at radius 2 is 2.09 bits per heavy atom. The van der Waals surface area contributed by atoms with E-state index in [-0.39, 0.29) is 5.41 Å². The van der Waals surface area contributed by atoms with Crippen LogP contribution in [0.4, 0.5) is 5.69 Å². The lowest BCUT2D eigenvalue weighted by molar-refractivity contribution is 0.364. The van der Waals surface area contributed by atoms with Gasteiger partial charge < -0.3 is 9.73 Å². The minimum atomic E-state index is 0.0836. The smallest absolute Gasteiger partial charge is 0.226 e. The first-order valence-electron chi connectivity index (χ1n) is 7.55. The Labute approximate surface area is 132 Å². The molecule has 0 amide bonds. The van der Waals surface area contributed by atoms with Gasteiger partial charge in [0.1, 0.15) is 6.26 Å². The third kappa shape index (κ3) is 4.11. The van der Waals surface area contributed by atoms with Gasteiger partial charge in [0, 0.05) is 24.2 Å². The van der Waals surface area contributed by atoms with Gasteiger partial charge in [-0.05, 0) is 43.4 Å². The van der Waals surface area contributed by atoms with E-state index in [1.807, 2.05) is 6.92 Å². The molecule has 1 heterocycles.